The molecule has 2 rings (SSSR count). The van der Waals surface area contributed by atoms with Gasteiger partial charge in [-0.1, -0.05) is 12.1 Å². The Kier molecular flexibility index (Phi) is 1.91. The van der Waals surface area contributed by atoms with Gasteiger partial charge in [-0.25, -0.2) is 4.79 Å². The van der Waals surface area contributed by atoms with E-state index >= 15 is 0 Å². The topological polar surface area (TPSA) is 35.5 Å². The normalized spacial score (nSPS) is 20.8. The number of para-hydroxylation sites is 1. The molecule has 0 radical (unpaired) electrons. The van der Waals surface area contributed by atoms with E-state index in [-0.39, 0.29) is 0 Å². The molecule has 1 aliphatic rings. The third-order valence-corrected chi connectivity index (χ3v) is 2.50. The maximum absolute atomic E-state index is 11.1. The van der Waals surface area contributed by atoms with Gasteiger partial charge >= 0.3 is 13.7 Å². The smallest absolute Gasteiger partial charge is 0.403 e. The second-order valence-corrected chi connectivity index (χ2v) is 3.80. The van der Waals surface area contributed by atoms with Gasteiger partial charge in [0.15, 0.2) is 0 Å². The summed E-state index contributed by atoms with van der Waals surface area (Å²) in [7, 11) is -1.59. The van der Waals surface area contributed by atoms with E-state index in [0.717, 1.165) is 0 Å². The van der Waals surface area contributed by atoms with E-state index in [4.69, 9.17) is 15.8 Å². The van der Waals surface area contributed by atoms with E-state index in [2.05, 4.69) is 4.52 Å². The molecule has 1 aromatic rings. The lowest BCUT2D eigenvalue weighted by Crippen LogP contribution is -2.09. The highest BCUT2D eigenvalue weighted by Gasteiger charge is 2.26. The summed E-state index contributed by atoms with van der Waals surface area (Å²) >= 11 is 5.54. The Labute approximate surface area is 74.9 Å². The third kappa shape index (κ3) is 1.26. The van der Waals surface area contributed by atoms with E-state index in [1.165, 1.54) is 0 Å². The zero-order valence-electron chi connectivity index (χ0n) is 5.86. The van der Waals surface area contributed by atoms with Crippen molar-refractivity contribution in [1.29, 1.82) is 0 Å². The summed E-state index contributed by atoms with van der Waals surface area (Å²) < 4.78 is 9.77. The van der Waals surface area contributed by atoms with Gasteiger partial charge in [0, 0.05) is 0 Å². The molecule has 0 aliphatic carbocycles. The highest BCUT2D eigenvalue weighted by atomic mass is 35.7. The van der Waals surface area contributed by atoms with Crippen molar-refractivity contribution in [1.82, 2.24) is 0 Å². The number of hydrogen-bond donors (Lipinski definition) is 0. The summed E-state index contributed by atoms with van der Waals surface area (Å²) in [6.45, 7) is 0. The molecule has 1 aliphatic heterocycles. The fourth-order valence-electron chi connectivity index (χ4n) is 0.925. The zero-order chi connectivity index (χ0) is 8.55. The van der Waals surface area contributed by atoms with Gasteiger partial charge in [-0.15, -0.1) is 0 Å². The summed E-state index contributed by atoms with van der Waals surface area (Å²) in [6.07, 6.45) is 0. The van der Waals surface area contributed by atoms with E-state index in [1.54, 1.807) is 24.3 Å². The maximum atomic E-state index is 11.1. The lowest BCUT2D eigenvalue weighted by Gasteiger charge is -2.18. The molecule has 0 fully saturated rings. The van der Waals surface area contributed by atoms with Gasteiger partial charge in [0.25, 0.3) is 0 Å². The van der Waals surface area contributed by atoms with Crippen LogP contribution in [0.1, 0.15) is 10.4 Å². The predicted octanol–water partition coefficient (Wildman–Crippen LogP) is 2.70. The highest BCUT2D eigenvalue weighted by Crippen LogP contribution is 2.49. The van der Waals surface area contributed by atoms with Crippen LogP contribution in [0.5, 0.6) is 5.75 Å². The molecule has 3 nitrogen and oxygen atoms in total. The quantitative estimate of drug-likeness (QED) is 0.607. The van der Waals surface area contributed by atoms with Crippen LogP contribution in [0.25, 0.3) is 0 Å². The van der Waals surface area contributed by atoms with Crippen molar-refractivity contribution >= 4 is 24.9 Å². The minimum absolute atomic E-state index is 0.419. The Bertz CT molecular complexity index is 328. The van der Waals surface area contributed by atoms with Gasteiger partial charge in [0.2, 0.25) is 0 Å². The molecule has 0 aromatic heterocycles. The van der Waals surface area contributed by atoms with Gasteiger partial charge in [-0.2, -0.15) is 0 Å². The first-order valence-corrected chi connectivity index (χ1v) is 5.31. The number of carbonyl (C=O) groups is 1. The largest absolute Gasteiger partial charge is 0.426 e. The maximum Gasteiger partial charge on any atom is 0.403 e. The first-order chi connectivity index (χ1) is 5.77. The average molecular weight is 203 g/mol. The van der Waals surface area contributed by atoms with Crippen LogP contribution in [0.2, 0.25) is 0 Å². The van der Waals surface area contributed by atoms with E-state index in [0.29, 0.717) is 11.3 Å². The molecule has 0 amide bonds. The second-order valence-electron chi connectivity index (χ2n) is 2.18. The fourth-order valence-corrected chi connectivity index (χ4v) is 1.92. The first-order valence-electron chi connectivity index (χ1n) is 3.22. The highest BCUT2D eigenvalue weighted by molar-refractivity contribution is 7.76. The van der Waals surface area contributed by atoms with Crippen LogP contribution < -0.4 is 4.52 Å². The van der Waals surface area contributed by atoms with Crippen LogP contribution in [0.15, 0.2) is 24.3 Å². The summed E-state index contributed by atoms with van der Waals surface area (Å²) in [5, 5.41) is 0. The minimum Gasteiger partial charge on any atom is -0.426 e. The Balaban J connectivity index is 2.47. The lowest BCUT2D eigenvalue weighted by atomic mass is 10.2. The Morgan fingerprint density at radius 3 is 2.83 bits per heavy atom. The number of hydrogen-bond acceptors (Lipinski definition) is 3. The molecule has 1 aromatic carbocycles. The number of benzene rings is 1. The van der Waals surface area contributed by atoms with Crippen LogP contribution in [0.3, 0.4) is 0 Å². The summed E-state index contributed by atoms with van der Waals surface area (Å²) in [5.74, 6) is 0.0767. The van der Waals surface area contributed by atoms with Crippen molar-refractivity contribution in [3.8, 4) is 5.75 Å². The second kappa shape index (κ2) is 2.92. The van der Waals surface area contributed by atoms with E-state index < -0.39 is 13.7 Å². The minimum atomic E-state index is -1.59. The van der Waals surface area contributed by atoms with Gasteiger partial charge < -0.3 is 9.05 Å². The average Bonchev–Trinajstić information content (AvgIpc) is 2.04. The SMILES string of the molecule is O=C1OP(Cl)Oc2ccccc21. The van der Waals surface area contributed by atoms with Gasteiger partial charge in [-0.05, 0) is 23.4 Å². The molecule has 1 atom stereocenters. The molecule has 0 N–H and O–H groups in total. The molecular weight excluding hydrogens is 199 g/mol. The van der Waals surface area contributed by atoms with Gasteiger partial charge in [0.1, 0.15) is 11.3 Å². The van der Waals surface area contributed by atoms with E-state index in [1.807, 2.05) is 0 Å². The standard InChI is InChI=1S/C7H4ClO3P/c8-12-10-6-4-2-1-3-5(6)7(9)11-12/h1-4H. The molecule has 1 unspecified atom stereocenters. The Morgan fingerprint density at radius 1 is 1.25 bits per heavy atom. The van der Waals surface area contributed by atoms with Crippen LogP contribution >= 0.6 is 19.0 Å². The molecule has 0 bridgehead atoms. The molecule has 0 saturated carbocycles. The van der Waals surface area contributed by atoms with Crippen molar-refractivity contribution in [2.45, 2.75) is 0 Å². The van der Waals surface area contributed by atoms with Gasteiger partial charge in [0.05, 0.1) is 0 Å². The van der Waals surface area contributed by atoms with E-state index in [9.17, 15) is 4.79 Å². The van der Waals surface area contributed by atoms with Crippen LogP contribution in [0.4, 0.5) is 0 Å². The lowest BCUT2D eigenvalue weighted by molar-refractivity contribution is 0.0728. The fraction of sp³-hybridized carbons (Fsp3) is 0. The monoisotopic (exact) mass is 202 g/mol. The molecule has 5 heteroatoms. The zero-order valence-corrected chi connectivity index (χ0v) is 7.51. The van der Waals surface area contributed by atoms with Crippen molar-refractivity contribution in [2.75, 3.05) is 0 Å². The summed E-state index contributed by atoms with van der Waals surface area (Å²) in [6, 6.07) is 6.84. The third-order valence-electron chi connectivity index (χ3n) is 1.43. The predicted molar refractivity (Wildman–Crippen MR) is 45.3 cm³/mol. The molecular formula is C7H4ClO3P. The van der Waals surface area contributed by atoms with Crippen LogP contribution in [-0.4, -0.2) is 5.97 Å². The molecule has 1 heterocycles. The molecule has 12 heavy (non-hydrogen) atoms. The van der Waals surface area contributed by atoms with Crippen molar-refractivity contribution in [2.24, 2.45) is 0 Å². The van der Waals surface area contributed by atoms with Crippen molar-refractivity contribution < 1.29 is 13.8 Å². The Hall–Kier alpha value is -0.790. The van der Waals surface area contributed by atoms with Gasteiger partial charge in [-0.3, -0.25) is 0 Å². The van der Waals surface area contributed by atoms with Crippen molar-refractivity contribution in [3.05, 3.63) is 29.8 Å². The molecule has 0 saturated heterocycles. The first kappa shape index (κ1) is 7.84. The summed E-state index contributed by atoms with van der Waals surface area (Å²) in [5.41, 5.74) is 0.428. The number of rotatable bonds is 0. The van der Waals surface area contributed by atoms with Crippen molar-refractivity contribution in [3.63, 3.8) is 0 Å². The number of fused-ring (bicyclic) bond motifs is 1. The molecule has 62 valence electrons. The summed E-state index contributed by atoms with van der Waals surface area (Å²) in [4.78, 5) is 11.1. The number of halogens is 1. The Morgan fingerprint density at radius 2 is 2.00 bits per heavy atom. The van der Waals surface area contributed by atoms with Crippen LogP contribution in [0, 0.1) is 0 Å². The molecule has 0 spiro atoms. The number of carbonyl (C=O) groups excluding carboxylic acids is 1. The van der Waals surface area contributed by atoms with Crippen LogP contribution in [-0.2, 0) is 4.52 Å².